The Bertz CT molecular complexity index is 416. The molecule has 112 valence electrons. The van der Waals surface area contributed by atoms with Gasteiger partial charge in [-0.15, -0.1) is 0 Å². The van der Waals surface area contributed by atoms with Crippen LogP contribution >= 0.6 is 0 Å². The van der Waals surface area contributed by atoms with Crippen molar-refractivity contribution in [1.29, 1.82) is 0 Å². The zero-order chi connectivity index (χ0) is 14.4. The lowest BCUT2D eigenvalue weighted by Crippen LogP contribution is -2.27. The van der Waals surface area contributed by atoms with Crippen LogP contribution in [0.15, 0.2) is 18.2 Å². The standard InChI is InChI=1S/C16H25NO3/c1-4-14(17-10-12-7-8-20-11-12)13-5-6-15(18-2)16(9-13)19-3/h5-6,9,12,14,17H,4,7-8,10-11H2,1-3H3. The molecule has 0 saturated carbocycles. The van der Waals surface area contributed by atoms with E-state index in [9.17, 15) is 0 Å². The first-order chi connectivity index (χ1) is 9.78. The van der Waals surface area contributed by atoms with Crippen molar-refractivity contribution in [2.75, 3.05) is 34.0 Å². The first kappa shape index (κ1) is 15.1. The molecule has 4 heteroatoms. The number of hydrogen-bond acceptors (Lipinski definition) is 4. The summed E-state index contributed by atoms with van der Waals surface area (Å²) in [5.41, 5.74) is 1.24. The van der Waals surface area contributed by atoms with Crippen molar-refractivity contribution in [3.63, 3.8) is 0 Å². The monoisotopic (exact) mass is 279 g/mol. The molecule has 1 saturated heterocycles. The Balaban J connectivity index is 2.02. The summed E-state index contributed by atoms with van der Waals surface area (Å²) in [6.07, 6.45) is 2.21. The van der Waals surface area contributed by atoms with Gasteiger partial charge in [0.1, 0.15) is 0 Å². The summed E-state index contributed by atoms with van der Waals surface area (Å²) in [5, 5.41) is 3.64. The topological polar surface area (TPSA) is 39.7 Å². The van der Waals surface area contributed by atoms with Crippen molar-refractivity contribution < 1.29 is 14.2 Å². The minimum atomic E-state index is 0.343. The van der Waals surface area contributed by atoms with Crippen LogP contribution in [0.3, 0.4) is 0 Å². The highest BCUT2D eigenvalue weighted by Crippen LogP contribution is 2.31. The molecule has 0 aliphatic carbocycles. The van der Waals surface area contributed by atoms with E-state index in [4.69, 9.17) is 14.2 Å². The molecule has 1 N–H and O–H groups in total. The molecule has 1 aromatic rings. The Kier molecular flexibility index (Phi) is 5.68. The fourth-order valence-electron chi connectivity index (χ4n) is 2.62. The molecule has 0 spiro atoms. The summed E-state index contributed by atoms with van der Waals surface area (Å²) in [5.74, 6) is 2.20. The maximum absolute atomic E-state index is 5.42. The third-order valence-electron chi connectivity index (χ3n) is 3.90. The molecule has 1 heterocycles. The molecule has 1 fully saturated rings. The minimum Gasteiger partial charge on any atom is -0.493 e. The predicted octanol–water partition coefficient (Wildman–Crippen LogP) is 2.78. The Labute approximate surface area is 121 Å². The van der Waals surface area contributed by atoms with Gasteiger partial charge in [-0.3, -0.25) is 0 Å². The number of benzene rings is 1. The molecular formula is C16H25NO3. The molecule has 1 aromatic carbocycles. The highest BCUT2D eigenvalue weighted by Gasteiger charge is 2.18. The van der Waals surface area contributed by atoms with Gasteiger partial charge in [-0.25, -0.2) is 0 Å². The minimum absolute atomic E-state index is 0.343. The summed E-state index contributed by atoms with van der Waals surface area (Å²) in [4.78, 5) is 0. The van der Waals surface area contributed by atoms with E-state index in [-0.39, 0.29) is 0 Å². The summed E-state index contributed by atoms with van der Waals surface area (Å²) >= 11 is 0. The fraction of sp³-hybridized carbons (Fsp3) is 0.625. The van der Waals surface area contributed by atoms with Gasteiger partial charge in [0.05, 0.1) is 20.8 Å². The first-order valence-corrected chi connectivity index (χ1v) is 7.31. The van der Waals surface area contributed by atoms with Gasteiger partial charge in [0.25, 0.3) is 0 Å². The van der Waals surface area contributed by atoms with E-state index in [0.717, 1.165) is 44.1 Å². The molecule has 2 atom stereocenters. The van der Waals surface area contributed by atoms with Crippen molar-refractivity contribution in [2.45, 2.75) is 25.8 Å². The largest absolute Gasteiger partial charge is 0.493 e. The van der Waals surface area contributed by atoms with Crippen LogP contribution in [0.5, 0.6) is 11.5 Å². The molecule has 0 radical (unpaired) electrons. The number of methoxy groups -OCH3 is 2. The normalized spacial score (nSPS) is 19.9. The average Bonchev–Trinajstić information content (AvgIpc) is 3.01. The number of rotatable bonds is 7. The summed E-state index contributed by atoms with van der Waals surface area (Å²) < 4.78 is 16.1. The van der Waals surface area contributed by atoms with Crippen molar-refractivity contribution in [3.05, 3.63) is 23.8 Å². The molecule has 0 bridgehead atoms. The molecule has 2 rings (SSSR count). The van der Waals surface area contributed by atoms with Crippen LogP contribution in [0.4, 0.5) is 0 Å². The highest BCUT2D eigenvalue weighted by molar-refractivity contribution is 5.43. The first-order valence-electron chi connectivity index (χ1n) is 7.31. The van der Waals surface area contributed by atoms with Gasteiger partial charge in [-0.1, -0.05) is 13.0 Å². The maximum atomic E-state index is 5.42. The van der Waals surface area contributed by atoms with E-state index in [1.54, 1.807) is 14.2 Å². The lowest BCUT2D eigenvalue weighted by atomic mass is 10.0. The molecule has 1 aliphatic heterocycles. The second-order valence-electron chi connectivity index (χ2n) is 5.21. The van der Waals surface area contributed by atoms with Gasteiger partial charge < -0.3 is 19.5 Å². The zero-order valence-corrected chi connectivity index (χ0v) is 12.6. The molecular weight excluding hydrogens is 254 g/mol. The highest BCUT2D eigenvalue weighted by atomic mass is 16.5. The molecule has 4 nitrogen and oxygen atoms in total. The van der Waals surface area contributed by atoms with Gasteiger partial charge in [0, 0.05) is 19.2 Å². The van der Waals surface area contributed by atoms with E-state index < -0.39 is 0 Å². The van der Waals surface area contributed by atoms with Crippen LogP contribution in [0, 0.1) is 5.92 Å². The smallest absolute Gasteiger partial charge is 0.161 e. The van der Waals surface area contributed by atoms with Crippen molar-refractivity contribution in [1.82, 2.24) is 5.32 Å². The lowest BCUT2D eigenvalue weighted by molar-refractivity contribution is 0.184. The number of hydrogen-bond donors (Lipinski definition) is 1. The molecule has 1 aliphatic rings. The van der Waals surface area contributed by atoms with Crippen LogP contribution in [0.25, 0.3) is 0 Å². The second-order valence-corrected chi connectivity index (χ2v) is 5.21. The summed E-state index contributed by atoms with van der Waals surface area (Å²) in [6.45, 7) is 4.99. The molecule has 0 amide bonds. The molecule has 20 heavy (non-hydrogen) atoms. The molecule has 0 aromatic heterocycles. The van der Waals surface area contributed by atoms with Gasteiger partial charge in [-0.2, -0.15) is 0 Å². The zero-order valence-electron chi connectivity index (χ0n) is 12.6. The number of nitrogens with one attached hydrogen (secondary N) is 1. The van der Waals surface area contributed by atoms with Crippen LogP contribution in [0.1, 0.15) is 31.4 Å². The van der Waals surface area contributed by atoms with Gasteiger partial charge in [0.2, 0.25) is 0 Å². The quantitative estimate of drug-likeness (QED) is 0.833. The summed E-state index contributed by atoms with van der Waals surface area (Å²) in [6, 6.07) is 6.48. The Morgan fingerprint density at radius 2 is 2.10 bits per heavy atom. The van der Waals surface area contributed by atoms with Gasteiger partial charge in [0.15, 0.2) is 11.5 Å². The summed E-state index contributed by atoms with van der Waals surface area (Å²) in [7, 11) is 3.33. The molecule has 2 unspecified atom stereocenters. The second kappa shape index (κ2) is 7.50. The lowest BCUT2D eigenvalue weighted by Gasteiger charge is -2.20. The third-order valence-corrected chi connectivity index (χ3v) is 3.90. The van der Waals surface area contributed by atoms with Crippen LogP contribution in [-0.2, 0) is 4.74 Å². The Hall–Kier alpha value is -1.26. The van der Waals surface area contributed by atoms with E-state index in [1.165, 1.54) is 5.56 Å². The van der Waals surface area contributed by atoms with E-state index in [2.05, 4.69) is 24.4 Å². The van der Waals surface area contributed by atoms with Gasteiger partial charge in [-0.05, 0) is 36.5 Å². The Morgan fingerprint density at radius 1 is 1.30 bits per heavy atom. The van der Waals surface area contributed by atoms with E-state index in [1.807, 2.05) is 6.07 Å². The van der Waals surface area contributed by atoms with Gasteiger partial charge >= 0.3 is 0 Å². The van der Waals surface area contributed by atoms with Crippen molar-refractivity contribution >= 4 is 0 Å². The van der Waals surface area contributed by atoms with Crippen molar-refractivity contribution in [3.8, 4) is 11.5 Å². The third kappa shape index (κ3) is 3.64. The van der Waals surface area contributed by atoms with Crippen LogP contribution in [0.2, 0.25) is 0 Å². The maximum Gasteiger partial charge on any atom is 0.161 e. The van der Waals surface area contributed by atoms with Crippen LogP contribution in [-0.4, -0.2) is 34.0 Å². The predicted molar refractivity (Wildman–Crippen MR) is 79.5 cm³/mol. The Morgan fingerprint density at radius 3 is 2.70 bits per heavy atom. The van der Waals surface area contributed by atoms with E-state index >= 15 is 0 Å². The average molecular weight is 279 g/mol. The number of ether oxygens (including phenoxy) is 3. The SMILES string of the molecule is CCC(NCC1CCOC1)c1ccc(OC)c(OC)c1. The van der Waals surface area contributed by atoms with Crippen LogP contribution < -0.4 is 14.8 Å². The van der Waals surface area contributed by atoms with Crippen molar-refractivity contribution in [2.24, 2.45) is 5.92 Å². The van der Waals surface area contributed by atoms with E-state index in [0.29, 0.717) is 12.0 Å². The fourth-order valence-corrected chi connectivity index (χ4v) is 2.62.